The topological polar surface area (TPSA) is 89.6 Å². The molecular weight excluding hydrogens is 433 g/mol. The van der Waals surface area contributed by atoms with Gasteiger partial charge in [-0.1, -0.05) is 6.07 Å². The minimum Gasteiger partial charge on any atom is -0.491 e. The van der Waals surface area contributed by atoms with Gasteiger partial charge in [0.05, 0.1) is 19.0 Å². The maximum atomic E-state index is 13.0. The zero-order valence-electron chi connectivity index (χ0n) is 17.6. The van der Waals surface area contributed by atoms with Crippen LogP contribution in [0, 0.1) is 5.82 Å². The van der Waals surface area contributed by atoms with Crippen LogP contribution < -0.4 is 20.1 Å². The van der Waals surface area contributed by atoms with Crippen LogP contribution in [0.3, 0.4) is 0 Å². The van der Waals surface area contributed by atoms with E-state index in [9.17, 15) is 14.0 Å². The Kier molecular flexibility index (Phi) is 8.04. The molecule has 0 aliphatic carbocycles. The number of benzene rings is 2. The molecule has 9 heteroatoms. The lowest BCUT2D eigenvalue weighted by Gasteiger charge is -2.12. The number of carbonyl (C=O) groups excluding carboxylic acids is 2. The van der Waals surface area contributed by atoms with E-state index in [-0.39, 0.29) is 24.2 Å². The maximum absolute atomic E-state index is 13.0. The summed E-state index contributed by atoms with van der Waals surface area (Å²) >= 11 is 1.50. The van der Waals surface area contributed by atoms with Crippen molar-refractivity contribution in [1.29, 1.82) is 0 Å². The number of methoxy groups -OCH3 is 1. The molecule has 0 fully saturated rings. The van der Waals surface area contributed by atoms with Gasteiger partial charge in [0.1, 0.15) is 5.82 Å². The molecule has 1 aromatic heterocycles. The van der Waals surface area contributed by atoms with Gasteiger partial charge >= 0.3 is 0 Å². The van der Waals surface area contributed by atoms with E-state index in [1.807, 2.05) is 0 Å². The van der Waals surface area contributed by atoms with Crippen molar-refractivity contribution in [3.8, 4) is 11.5 Å². The number of thioether (sulfide) groups is 1. The molecule has 32 heavy (non-hydrogen) atoms. The zero-order chi connectivity index (χ0) is 22.9. The first-order chi connectivity index (χ1) is 15.4. The molecular formula is C23H22FN3O4S. The quantitative estimate of drug-likeness (QED) is 0.462. The first kappa shape index (κ1) is 23.1. The van der Waals surface area contributed by atoms with E-state index < -0.39 is 0 Å². The summed E-state index contributed by atoms with van der Waals surface area (Å²) in [5.74, 6) is 0.475. The molecule has 0 radical (unpaired) electrons. The fraction of sp³-hybridized carbons (Fsp3) is 0.174. The van der Waals surface area contributed by atoms with Crippen molar-refractivity contribution in [2.45, 2.75) is 17.6 Å². The van der Waals surface area contributed by atoms with Crippen molar-refractivity contribution < 1.29 is 23.5 Å². The highest BCUT2D eigenvalue weighted by Crippen LogP contribution is 2.29. The summed E-state index contributed by atoms with van der Waals surface area (Å²) < 4.78 is 24.0. The number of pyridine rings is 1. The molecule has 0 saturated carbocycles. The van der Waals surface area contributed by atoms with Crippen molar-refractivity contribution in [1.82, 2.24) is 4.98 Å². The number of rotatable bonds is 9. The van der Waals surface area contributed by atoms with Gasteiger partial charge in [0.25, 0.3) is 5.91 Å². The first-order valence-electron chi connectivity index (χ1n) is 9.64. The zero-order valence-corrected chi connectivity index (χ0v) is 18.4. The molecule has 0 saturated heterocycles. The minimum atomic E-state index is -0.369. The Morgan fingerprint density at radius 3 is 2.44 bits per heavy atom. The second-order valence-corrected chi connectivity index (χ2v) is 7.72. The number of anilines is 2. The number of aromatic nitrogens is 1. The average molecular weight is 456 g/mol. The Hall–Kier alpha value is -3.59. The maximum Gasteiger partial charge on any atom is 0.262 e. The SMILES string of the molecule is COc1cnc(CSc2ccc(F)cc2)cc1OCC(=O)Nc1cccc(NC(C)=O)c1. The van der Waals surface area contributed by atoms with Crippen LogP contribution in [0.2, 0.25) is 0 Å². The predicted octanol–water partition coefficient (Wildman–Crippen LogP) is 4.50. The van der Waals surface area contributed by atoms with Gasteiger partial charge < -0.3 is 20.1 Å². The van der Waals surface area contributed by atoms with Gasteiger partial charge in [-0.2, -0.15) is 0 Å². The highest BCUT2D eigenvalue weighted by atomic mass is 32.2. The monoisotopic (exact) mass is 455 g/mol. The molecule has 0 bridgehead atoms. The molecule has 3 aromatic rings. The van der Waals surface area contributed by atoms with E-state index in [0.717, 1.165) is 10.6 Å². The van der Waals surface area contributed by atoms with Crippen LogP contribution in [0.4, 0.5) is 15.8 Å². The first-order valence-corrected chi connectivity index (χ1v) is 10.6. The third-order valence-corrected chi connectivity index (χ3v) is 5.18. The summed E-state index contributed by atoms with van der Waals surface area (Å²) in [6, 6.07) is 14.7. The second kappa shape index (κ2) is 11.1. The highest BCUT2D eigenvalue weighted by Gasteiger charge is 2.11. The van der Waals surface area contributed by atoms with E-state index in [1.165, 1.54) is 44.1 Å². The lowest BCUT2D eigenvalue weighted by atomic mass is 10.2. The standard InChI is InChI=1S/C23H22FN3O4S/c1-15(28)26-17-4-3-5-18(10-17)27-23(29)13-31-21-11-19(25-12-22(21)30-2)14-32-20-8-6-16(24)7-9-20/h3-12H,13-14H2,1-2H3,(H,26,28)(H,27,29). The normalized spacial score (nSPS) is 10.3. The molecule has 166 valence electrons. The molecule has 0 aliphatic heterocycles. The van der Waals surface area contributed by atoms with Crippen molar-refractivity contribution in [2.75, 3.05) is 24.4 Å². The highest BCUT2D eigenvalue weighted by molar-refractivity contribution is 7.98. The number of hydrogen-bond donors (Lipinski definition) is 2. The number of carbonyl (C=O) groups is 2. The molecule has 0 unspecified atom stereocenters. The number of hydrogen-bond acceptors (Lipinski definition) is 6. The van der Waals surface area contributed by atoms with Gasteiger partial charge in [-0.05, 0) is 42.5 Å². The summed E-state index contributed by atoms with van der Waals surface area (Å²) in [5, 5.41) is 5.38. The third kappa shape index (κ3) is 6.98. The Bertz CT molecular complexity index is 1090. The van der Waals surface area contributed by atoms with Crippen molar-refractivity contribution in [3.63, 3.8) is 0 Å². The smallest absolute Gasteiger partial charge is 0.262 e. The summed E-state index contributed by atoms with van der Waals surface area (Å²) in [7, 11) is 1.49. The largest absolute Gasteiger partial charge is 0.491 e. The van der Waals surface area contributed by atoms with Crippen LogP contribution in [-0.4, -0.2) is 30.5 Å². The van der Waals surface area contributed by atoms with E-state index in [2.05, 4.69) is 15.6 Å². The molecule has 2 N–H and O–H groups in total. The van der Waals surface area contributed by atoms with Gasteiger partial charge in [-0.25, -0.2) is 4.39 Å². The van der Waals surface area contributed by atoms with Gasteiger partial charge in [-0.3, -0.25) is 14.6 Å². The van der Waals surface area contributed by atoms with E-state index in [1.54, 1.807) is 42.5 Å². The second-order valence-electron chi connectivity index (χ2n) is 6.67. The summed E-state index contributed by atoms with van der Waals surface area (Å²) in [5.41, 5.74) is 1.83. The average Bonchev–Trinajstić information content (AvgIpc) is 2.77. The van der Waals surface area contributed by atoms with Crippen LogP contribution >= 0.6 is 11.8 Å². The number of nitrogens with zero attached hydrogens (tertiary/aromatic N) is 1. The number of ether oxygens (including phenoxy) is 2. The molecule has 0 spiro atoms. The van der Waals surface area contributed by atoms with Crippen molar-refractivity contribution in [2.24, 2.45) is 0 Å². The van der Waals surface area contributed by atoms with Crippen LogP contribution in [-0.2, 0) is 15.3 Å². The predicted molar refractivity (Wildman–Crippen MR) is 122 cm³/mol. The van der Waals surface area contributed by atoms with Crippen LogP contribution in [0.15, 0.2) is 65.7 Å². The Balaban J connectivity index is 1.59. The van der Waals surface area contributed by atoms with Gasteiger partial charge in [0, 0.05) is 35.0 Å². The summed E-state index contributed by atoms with van der Waals surface area (Å²) in [6.45, 7) is 1.17. The van der Waals surface area contributed by atoms with Crippen LogP contribution in [0.5, 0.6) is 11.5 Å². The lowest BCUT2D eigenvalue weighted by Crippen LogP contribution is -2.20. The molecule has 0 aliphatic rings. The minimum absolute atomic E-state index is 0.199. The Labute approximate surface area is 189 Å². The molecule has 3 rings (SSSR count). The fourth-order valence-corrected chi connectivity index (χ4v) is 3.52. The molecule has 0 atom stereocenters. The molecule has 7 nitrogen and oxygen atoms in total. The van der Waals surface area contributed by atoms with Gasteiger partial charge in [0.2, 0.25) is 5.91 Å². The molecule has 2 aromatic carbocycles. The van der Waals surface area contributed by atoms with Gasteiger partial charge in [0.15, 0.2) is 18.1 Å². The molecule has 2 amide bonds. The Morgan fingerprint density at radius 1 is 1.03 bits per heavy atom. The van der Waals surface area contributed by atoms with Crippen LogP contribution in [0.25, 0.3) is 0 Å². The van der Waals surface area contributed by atoms with E-state index in [4.69, 9.17) is 9.47 Å². The van der Waals surface area contributed by atoms with Crippen molar-refractivity contribution in [3.05, 3.63) is 72.3 Å². The van der Waals surface area contributed by atoms with E-state index >= 15 is 0 Å². The third-order valence-electron chi connectivity index (χ3n) is 4.13. The Morgan fingerprint density at radius 2 is 1.75 bits per heavy atom. The summed E-state index contributed by atoms with van der Waals surface area (Å²) in [6.07, 6.45) is 1.53. The van der Waals surface area contributed by atoms with Gasteiger partial charge in [-0.15, -0.1) is 11.8 Å². The molecule has 1 heterocycles. The van der Waals surface area contributed by atoms with E-state index in [0.29, 0.717) is 28.6 Å². The number of halogens is 1. The van der Waals surface area contributed by atoms with Crippen molar-refractivity contribution >= 4 is 35.0 Å². The fourth-order valence-electron chi connectivity index (χ4n) is 2.72. The number of amides is 2. The number of nitrogens with one attached hydrogen (secondary N) is 2. The van der Waals surface area contributed by atoms with Crippen LogP contribution in [0.1, 0.15) is 12.6 Å². The lowest BCUT2D eigenvalue weighted by molar-refractivity contribution is -0.118. The summed E-state index contributed by atoms with van der Waals surface area (Å²) in [4.78, 5) is 28.8.